The van der Waals surface area contributed by atoms with Gasteiger partial charge in [0.1, 0.15) is 18.0 Å². The predicted molar refractivity (Wildman–Crippen MR) is 56.0 cm³/mol. The highest BCUT2D eigenvalue weighted by molar-refractivity contribution is 5.72. The molecule has 0 aliphatic rings. The molecule has 7 heteroatoms. The van der Waals surface area contributed by atoms with Crippen LogP contribution in [0.1, 0.15) is 18.6 Å². The summed E-state index contributed by atoms with van der Waals surface area (Å²) in [4.78, 5) is 10.6. The number of amides is 1. The molecule has 1 rings (SSSR count). The number of rotatable bonds is 4. The molecule has 0 aliphatic carbocycles. The highest BCUT2D eigenvalue weighted by atomic mass is 19.2. The quantitative estimate of drug-likeness (QED) is 0.698. The van der Waals surface area contributed by atoms with Gasteiger partial charge in [0, 0.05) is 25.1 Å². The van der Waals surface area contributed by atoms with Crippen molar-refractivity contribution in [2.75, 3.05) is 6.54 Å². The first-order valence-corrected chi connectivity index (χ1v) is 5.08. The van der Waals surface area contributed by atoms with Crippen LogP contribution in [0.5, 0.6) is 0 Å². The predicted octanol–water partition coefficient (Wildman–Crippen LogP) is 0.634. The Balaban J connectivity index is 2.89. The summed E-state index contributed by atoms with van der Waals surface area (Å²) in [5, 5.41) is 21.2. The maximum Gasteiger partial charge on any atom is 0.216 e. The number of hydrogen-bond acceptors (Lipinski definition) is 3. The van der Waals surface area contributed by atoms with Gasteiger partial charge in [-0.25, -0.2) is 13.2 Å². The third-order valence-electron chi connectivity index (χ3n) is 2.26. The van der Waals surface area contributed by atoms with Crippen molar-refractivity contribution in [1.29, 1.82) is 0 Å². The molecule has 1 amide bonds. The molecule has 0 saturated heterocycles. The number of carbonyl (C=O) groups excluding carboxylic acids is 1. The molecule has 100 valence electrons. The Morgan fingerprint density at radius 3 is 2.50 bits per heavy atom. The minimum absolute atomic E-state index is 0.325. The minimum Gasteiger partial charge on any atom is -0.388 e. The Morgan fingerprint density at radius 2 is 1.94 bits per heavy atom. The molecule has 0 aliphatic heterocycles. The van der Waals surface area contributed by atoms with Crippen LogP contribution in [0.2, 0.25) is 0 Å². The molecule has 2 atom stereocenters. The summed E-state index contributed by atoms with van der Waals surface area (Å²) in [6.45, 7) is 0.815. The largest absolute Gasteiger partial charge is 0.388 e. The van der Waals surface area contributed by atoms with Crippen LogP contribution in [0.4, 0.5) is 13.2 Å². The van der Waals surface area contributed by atoms with Crippen molar-refractivity contribution in [3.8, 4) is 0 Å². The molecule has 0 radical (unpaired) electrons. The van der Waals surface area contributed by atoms with E-state index in [1.165, 1.54) is 6.92 Å². The second kappa shape index (κ2) is 5.83. The van der Waals surface area contributed by atoms with Crippen molar-refractivity contribution in [3.05, 3.63) is 35.1 Å². The van der Waals surface area contributed by atoms with Gasteiger partial charge in [0.05, 0.1) is 0 Å². The highest BCUT2D eigenvalue weighted by Crippen LogP contribution is 2.23. The summed E-state index contributed by atoms with van der Waals surface area (Å²) in [6.07, 6.45) is -3.42. The molecule has 0 spiro atoms. The molecule has 0 bridgehead atoms. The van der Waals surface area contributed by atoms with E-state index in [1.54, 1.807) is 0 Å². The van der Waals surface area contributed by atoms with Gasteiger partial charge in [-0.2, -0.15) is 0 Å². The Labute approximate surface area is 101 Å². The monoisotopic (exact) mass is 263 g/mol. The van der Waals surface area contributed by atoms with Crippen molar-refractivity contribution in [2.45, 2.75) is 19.1 Å². The normalized spacial score (nSPS) is 14.1. The lowest BCUT2D eigenvalue weighted by atomic mass is 10.0. The van der Waals surface area contributed by atoms with E-state index in [0.717, 1.165) is 0 Å². The van der Waals surface area contributed by atoms with E-state index in [9.17, 15) is 28.2 Å². The third kappa shape index (κ3) is 3.44. The Hall–Kier alpha value is -1.60. The van der Waals surface area contributed by atoms with Crippen LogP contribution >= 0.6 is 0 Å². The van der Waals surface area contributed by atoms with Gasteiger partial charge in [-0.3, -0.25) is 4.79 Å². The van der Waals surface area contributed by atoms with Crippen LogP contribution in [0.25, 0.3) is 0 Å². The summed E-state index contributed by atoms with van der Waals surface area (Å²) in [5.41, 5.74) is -0.703. The fraction of sp³-hybridized carbons (Fsp3) is 0.364. The standard InChI is InChI=1S/C11H12F3NO3/c1-5(16)15-4-9(17)11(18)7-2-6(12)3-8(13)10(7)14/h2-3,9,11,17-18H,4H2,1H3,(H,15,16). The van der Waals surface area contributed by atoms with Crippen LogP contribution in [-0.2, 0) is 4.79 Å². The first kappa shape index (κ1) is 14.5. The summed E-state index contributed by atoms with van der Waals surface area (Å²) >= 11 is 0. The number of aliphatic hydroxyl groups is 2. The summed E-state index contributed by atoms with van der Waals surface area (Å²) < 4.78 is 39.1. The zero-order chi connectivity index (χ0) is 13.9. The van der Waals surface area contributed by atoms with E-state index in [4.69, 9.17) is 0 Å². The fourth-order valence-corrected chi connectivity index (χ4v) is 1.36. The van der Waals surface area contributed by atoms with Crippen LogP contribution in [0, 0.1) is 17.5 Å². The van der Waals surface area contributed by atoms with Gasteiger partial charge >= 0.3 is 0 Å². The molecule has 0 fully saturated rings. The van der Waals surface area contributed by atoms with E-state index < -0.39 is 41.1 Å². The Kier molecular flexibility index (Phi) is 4.69. The maximum absolute atomic E-state index is 13.3. The maximum atomic E-state index is 13.3. The van der Waals surface area contributed by atoms with Gasteiger partial charge in [0.15, 0.2) is 11.6 Å². The summed E-state index contributed by atoms with van der Waals surface area (Å²) in [5.74, 6) is -4.44. The van der Waals surface area contributed by atoms with Crippen molar-refractivity contribution >= 4 is 5.91 Å². The van der Waals surface area contributed by atoms with Crippen LogP contribution < -0.4 is 5.32 Å². The second-order valence-electron chi connectivity index (χ2n) is 3.74. The zero-order valence-electron chi connectivity index (χ0n) is 9.45. The fourth-order valence-electron chi connectivity index (χ4n) is 1.36. The van der Waals surface area contributed by atoms with Crippen LogP contribution in [-0.4, -0.2) is 28.8 Å². The summed E-state index contributed by atoms with van der Waals surface area (Å²) in [7, 11) is 0. The Morgan fingerprint density at radius 1 is 1.33 bits per heavy atom. The van der Waals surface area contributed by atoms with E-state index in [0.29, 0.717) is 12.1 Å². The van der Waals surface area contributed by atoms with Crippen LogP contribution in [0.3, 0.4) is 0 Å². The number of nitrogens with one attached hydrogen (secondary N) is 1. The van der Waals surface area contributed by atoms with Crippen molar-refractivity contribution < 1.29 is 28.2 Å². The average molecular weight is 263 g/mol. The summed E-state index contributed by atoms with van der Waals surface area (Å²) in [6, 6.07) is 0.909. The van der Waals surface area contributed by atoms with Gasteiger partial charge in [0.25, 0.3) is 0 Å². The zero-order valence-corrected chi connectivity index (χ0v) is 9.45. The topological polar surface area (TPSA) is 69.6 Å². The van der Waals surface area contributed by atoms with Gasteiger partial charge < -0.3 is 15.5 Å². The molecule has 3 N–H and O–H groups in total. The molecule has 0 saturated carbocycles. The van der Waals surface area contributed by atoms with Crippen molar-refractivity contribution in [2.24, 2.45) is 0 Å². The van der Waals surface area contributed by atoms with Crippen LogP contribution in [0.15, 0.2) is 12.1 Å². The smallest absolute Gasteiger partial charge is 0.216 e. The molecule has 0 heterocycles. The number of carbonyl (C=O) groups is 1. The molecule has 1 aromatic rings. The lowest BCUT2D eigenvalue weighted by molar-refractivity contribution is -0.119. The molecule has 1 aromatic carbocycles. The lowest BCUT2D eigenvalue weighted by Gasteiger charge is -2.19. The average Bonchev–Trinajstić information content (AvgIpc) is 2.29. The number of aliphatic hydroxyl groups excluding tert-OH is 2. The third-order valence-corrected chi connectivity index (χ3v) is 2.26. The SMILES string of the molecule is CC(=O)NCC(O)C(O)c1cc(F)cc(F)c1F. The molecule has 2 unspecified atom stereocenters. The van der Waals surface area contributed by atoms with Crippen molar-refractivity contribution in [1.82, 2.24) is 5.32 Å². The van der Waals surface area contributed by atoms with Gasteiger partial charge in [-0.05, 0) is 6.07 Å². The van der Waals surface area contributed by atoms with Gasteiger partial charge in [-0.1, -0.05) is 0 Å². The van der Waals surface area contributed by atoms with Gasteiger partial charge in [-0.15, -0.1) is 0 Å². The minimum atomic E-state index is -1.85. The van der Waals surface area contributed by atoms with E-state index in [-0.39, 0.29) is 6.54 Å². The molecular formula is C11H12F3NO3. The van der Waals surface area contributed by atoms with E-state index in [1.807, 2.05) is 0 Å². The second-order valence-corrected chi connectivity index (χ2v) is 3.74. The first-order chi connectivity index (χ1) is 8.32. The van der Waals surface area contributed by atoms with E-state index in [2.05, 4.69) is 5.32 Å². The lowest BCUT2D eigenvalue weighted by Crippen LogP contribution is -2.34. The Bertz CT molecular complexity index is 453. The first-order valence-electron chi connectivity index (χ1n) is 5.08. The van der Waals surface area contributed by atoms with E-state index >= 15 is 0 Å². The molecule has 4 nitrogen and oxygen atoms in total. The number of benzene rings is 1. The van der Waals surface area contributed by atoms with Crippen molar-refractivity contribution in [3.63, 3.8) is 0 Å². The molecular weight excluding hydrogens is 251 g/mol. The molecule has 18 heavy (non-hydrogen) atoms. The van der Waals surface area contributed by atoms with Gasteiger partial charge in [0.2, 0.25) is 5.91 Å². The highest BCUT2D eigenvalue weighted by Gasteiger charge is 2.24. The number of halogens is 3. The molecule has 0 aromatic heterocycles. The number of hydrogen-bond donors (Lipinski definition) is 3.